The Kier molecular flexibility index (Phi) is 2.23. The van der Waals surface area contributed by atoms with E-state index in [1.807, 2.05) is 0 Å². The maximum atomic E-state index is 11.3. The van der Waals surface area contributed by atoms with Crippen LogP contribution in [-0.4, -0.2) is 5.91 Å². The van der Waals surface area contributed by atoms with E-state index in [1.165, 1.54) is 6.07 Å². The summed E-state index contributed by atoms with van der Waals surface area (Å²) in [7, 11) is 0. The third kappa shape index (κ3) is 1.60. The molecule has 0 radical (unpaired) electrons. The molecule has 1 amide bonds. The van der Waals surface area contributed by atoms with Crippen molar-refractivity contribution in [2.45, 2.75) is 0 Å². The third-order valence-electron chi connectivity index (χ3n) is 1.98. The number of hydroxylamine groups is 1. The largest absolute Gasteiger partial charge is 0.759 e. The lowest BCUT2D eigenvalue weighted by Gasteiger charge is -2.06. The Morgan fingerprint density at radius 3 is 2.80 bits per heavy atom. The molecule has 1 aromatic heterocycles. The molecule has 0 saturated carbocycles. The van der Waals surface area contributed by atoms with Gasteiger partial charge in [0, 0.05) is 5.39 Å². The predicted octanol–water partition coefficient (Wildman–Crippen LogP) is 1.02. The second kappa shape index (κ2) is 3.55. The molecule has 2 aromatic rings. The molecular weight excluding hydrogens is 198 g/mol. The lowest BCUT2D eigenvalue weighted by atomic mass is 10.2. The molecule has 0 fully saturated rings. The molecule has 0 aliphatic rings. The maximum Gasteiger partial charge on any atom is 0.349 e. The van der Waals surface area contributed by atoms with E-state index in [0.29, 0.717) is 11.0 Å². The summed E-state index contributed by atoms with van der Waals surface area (Å²) < 4.78 is 4.86. The molecule has 0 saturated heterocycles. The summed E-state index contributed by atoms with van der Waals surface area (Å²) in [5.74, 6) is -0.991. The van der Waals surface area contributed by atoms with Crippen LogP contribution < -0.4 is 11.1 Å². The van der Waals surface area contributed by atoms with Gasteiger partial charge in [-0.05, 0) is 12.1 Å². The second-order valence-electron chi connectivity index (χ2n) is 2.92. The quantitative estimate of drug-likeness (QED) is 0.555. The number of carbonyl (C=O) groups excluding carboxylic acids is 1. The monoisotopic (exact) mass is 204 g/mol. The van der Waals surface area contributed by atoms with Crippen LogP contribution in [0.5, 0.6) is 0 Å². The molecule has 5 heteroatoms. The van der Waals surface area contributed by atoms with Gasteiger partial charge >= 0.3 is 5.63 Å². The highest BCUT2D eigenvalue weighted by atomic mass is 16.5. The van der Waals surface area contributed by atoms with E-state index in [-0.39, 0.29) is 5.56 Å². The zero-order chi connectivity index (χ0) is 10.8. The Labute approximate surface area is 83.9 Å². The van der Waals surface area contributed by atoms with Crippen LogP contribution in [0, 0.1) is 5.21 Å². The third-order valence-corrected chi connectivity index (χ3v) is 1.98. The number of nitrogens with one attached hydrogen (secondary N) is 1. The standard InChI is InChI=1S/C10H6NO4/c12-9(11-14)7-5-6-3-1-2-4-8(6)15-10(7)13/h1-5H,(H-,11,12,14)/q-1. The molecule has 0 bridgehead atoms. The molecule has 1 N–H and O–H groups in total. The van der Waals surface area contributed by atoms with Crippen LogP contribution in [0.4, 0.5) is 0 Å². The average Bonchev–Trinajstić information content (AvgIpc) is 2.27. The first-order chi connectivity index (χ1) is 7.22. The molecule has 0 spiro atoms. The van der Waals surface area contributed by atoms with Gasteiger partial charge in [0.25, 0.3) is 0 Å². The number of hydrogen-bond acceptors (Lipinski definition) is 4. The van der Waals surface area contributed by atoms with Crippen molar-refractivity contribution in [1.29, 1.82) is 0 Å². The van der Waals surface area contributed by atoms with Gasteiger partial charge in [-0.3, -0.25) is 4.79 Å². The van der Waals surface area contributed by atoms with Crippen LogP contribution >= 0.6 is 0 Å². The number of hydrogen-bond donors (Lipinski definition) is 1. The topological polar surface area (TPSA) is 82.4 Å². The Hall–Kier alpha value is -2.14. The zero-order valence-electron chi connectivity index (χ0n) is 7.52. The van der Waals surface area contributed by atoms with Crippen molar-refractivity contribution in [2.75, 3.05) is 0 Å². The van der Waals surface area contributed by atoms with Crippen molar-refractivity contribution < 1.29 is 9.21 Å². The first-order valence-corrected chi connectivity index (χ1v) is 4.18. The van der Waals surface area contributed by atoms with E-state index >= 15 is 0 Å². The van der Waals surface area contributed by atoms with Gasteiger partial charge in [-0.25, -0.2) is 4.79 Å². The van der Waals surface area contributed by atoms with E-state index in [2.05, 4.69) is 0 Å². The van der Waals surface area contributed by atoms with Crippen LogP contribution in [0.3, 0.4) is 0 Å². The van der Waals surface area contributed by atoms with E-state index in [0.717, 1.165) is 5.48 Å². The number of rotatable bonds is 1. The second-order valence-corrected chi connectivity index (χ2v) is 2.92. The summed E-state index contributed by atoms with van der Waals surface area (Å²) in [4.78, 5) is 22.3. The molecule has 0 aliphatic heterocycles. The molecule has 0 atom stereocenters. The van der Waals surface area contributed by atoms with Gasteiger partial charge in [-0.1, -0.05) is 18.2 Å². The molecule has 5 nitrogen and oxygen atoms in total. The van der Waals surface area contributed by atoms with Crippen molar-refractivity contribution in [3.63, 3.8) is 0 Å². The first-order valence-electron chi connectivity index (χ1n) is 4.18. The minimum absolute atomic E-state index is 0.288. The molecule has 2 rings (SSSR count). The van der Waals surface area contributed by atoms with Gasteiger partial charge in [-0.2, -0.15) is 0 Å². The van der Waals surface area contributed by atoms with Gasteiger partial charge < -0.3 is 15.1 Å². The lowest BCUT2D eigenvalue weighted by Crippen LogP contribution is -2.23. The molecule has 0 aliphatic carbocycles. The molecule has 1 aromatic carbocycles. The maximum absolute atomic E-state index is 11.3. The summed E-state index contributed by atoms with van der Waals surface area (Å²) in [6.45, 7) is 0. The molecular formula is C10H6NO4-. The van der Waals surface area contributed by atoms with E-state index in [9.17, 15) is 14.8 Å². The summed E-state index contributed by atoms with van der Waals surface area (Å²) in [5.41, 5.74) is 0.412. The van der Waals surface area contributed by atoms with E-state index < -0.39 is 11.5 Å². The lowest BCUT2D eigenvalue weighted by molar-refractivity contribution is 0.0966. The Morgan fingerprint density at radius 1 is 1.33 bits per heavy atom. The number of para-hydroxylation sites is 1. The van der Waals surface area contributed by atoms with Crippen molar-refractivity contribution in [1.82, 2.24) is 5.48 Å². The summed E-state index contributed by atoms with van der Waals surface area (Å²) >= 11 is 0. The van der Waals surface area contributed by atoms with E-state index in [1.54, 1.807) is 24.3 Å². The van der Waals surface area contributed by atoms with Crippen LogP contribution in [0.2, 0.25) is 0 Å². The fraction of sp³-hybridized carbons (Fsp3) is 0. The van der Waals surface area contributed by atoms with Crippen molar-refractivity contribution in [3.8, 4) is 0 Å². The van der Waals surface area contributed by atoms with Gasteiger partial charge in [0.15, 0.2) is 0 Å². The van der Waals surface area contributed by atoms with Crippen LogP contribution in [0.25, 0.3) is 11.0 Å². The summed E-state index contributed by atoms with van der Waals surface area (Å²) in [6.07, 6.45) is 0. The highest BCUT2D eigenvalue weighted by molar-refractivity contribution is 5.96. The molecule has 76 valence electrons. The smallest absolute Gasteiger partial charge is 0.349 e. The van der Waals surface area contributed by atoms with Gasteiger partial charge in [0.2, 0.25) is 5.91 Å². The van der Waals surface area contributed by atoms with Gasteiger partial charge in [0.05, 0.1) is 0 Å². The molecule has 0 unspecified atom stereocenters. The number of fused-ring (bicyclic) bond motifs is 1. The average molecular weight is 204 g/mol. The van der Waals surface area contributed by atoms with E-state index in [4.69, 9.17) is 4.42 Å². The normalized spacial score (nSPS) is 10.2. The Bertz CT molecular complexity index is 573. The fourth-order valence-corrected chi connectivity index (χ4v) is 1.28. The SMILES string of the molecule is O=C(N[O-])c1cc2ccccc2oc1=O. The molecule has 15 heavy (non-hydrogen) atoms. The Balaban J connectivity index is 2.73. The zero-order valence-corrected chi connectivity index (χ0v) is 7.52. The van der Waals surface area contributed by atoms with Crippen LogP contribution in [0.15, 0.2) is 39.5 Å². The van der Waals surface area contributed by atoms with Gasteiger partial charge in [0.1, 0.15) is 11.1 Å². The number of amides is 1. The van der Waals surface area contributed by atoms with Crippen LogP contribution in [-0.2, 0) is 0 Å². The summed E-state index contributed by atoms with van der Waals surface area (Å²) in [5, 5.41) is 10.7. The molecule has 1 heterocycles. The van der Waals surface area contributed by atoms with Crippen LogP contribution in [0.1, 0.15) is 10.4 Å². The van der Waals surface area contributed by atoms with Crippen molar-refractivity contribution in [2.24, 2.45) is 0 Å². The van der Waals surface area contributed by atoms with Crippen molar-refractivity contribution >= 4 is 16.9 Å². The number of benzene rings is 1. The summed E-state index contributed by atoms with van der Waals surface area (Å²) in [6, 6.07) is 8.06. The Morgan fingerprint density at radius 2 is 2.07 bits per heavy atom. The minimum atomic E-state index is -0.991. The highest BCUT2D eigenvalue weighted by Gasteiger charge is 2.09. The van der Waals surface area contributed by atoms with Gasteiger partial charge in [-0.15, -0.1) is 0 Å². The first kappa shape index (κ1) is 9.42. The fourth-order valence-electron chi connectivity index (χ4n) is 1.28. The number of carbonyl (C=O) groups is 1. The minimum Gasteiger partial charge on any atom is -0.759 e. The highest BCUT2D eigenvalue weighted by Crippen LogP contribution is 2.12. The predicted molar refractivity (Wildman–Crippen MR) is 53.3 cm³/mol. The van der Waals surface area contributed by atoms with Crippen molar-refractivity contribution in [3.05, 3.63) is 51.5 Å².